The lowest BCUT2D eigenvalue weighted by Gasteiger charge is -2.20. The summed E-state index contributed by atoms with van der Waals surface area (Å²) >= 11 is 0. The quantitative estimate of drug-likeness (QED) is 0.174. The van der Waals surface area contributed by atoms with Crippen LogP contribution in [-0.2, 0) is 0 Å². The first-order valence-corrected chi connectivity index (χ1v) is 19.6. The summed E-state index contributed by atoms with van der Waals surface area (Å²) in [6.45, 7) is 2.27. The molecule has 0 bridgehead atoms. The minimum atomic E-state index is 0.131. The fraction of sp³-hybridized carbons (Fsp3) is 0.0566. The number of fused-ring (bicyclic) bond motifs is 7. The summed E-state index contributed by atoms with van der Waals surface area (Å²) in [5.74, 6) is 0.812. The predicted molar refractivity (Wildman–Crippen MR) is 239 cm³/mol. The summed E-state index contributed by atoms with van der Waals surface area (Å²) in [6, 6.07) is 64.4. The summed E-state index contributed by atoms with van der Waals surface area (Å²) in [6.07, 6.45) is 3.09. The molecule has 57 heavy (non-hydrogen) atoms. The van der Waals surface area contributed by atoms with Crippen molar-refractivity contribution in [2.45, 2.75) is 13.3 Å². The Morgan fingerprint density at radius 2 is 1.18 bits per heavy atom. The van der Waals surface area contributed by atoms with E-state index in [9.17, 15) is 0 Å². The van der Waals surface area contributed by atoms with Gasteiger partial charge in [0.05, 0.1) is 33.5 Å². The number of amidine groups is 1. The Hall–Kier alpha value is -7.30. The number of rotatable bonds is 5. The van der Waals surface area contributed by atoms with Crippen LogP contribution < -0.4 is 0 Å². The van der Waals surface area contributed by atoms with E-state index in [1.165, 1.54) is 21.5 Å². The van der Waals surface area contributed by atoms with Gasteiger partial charge in [-0.3, -0.25) is 0 Å². The Bertz CT molecular complexity index is 3270. The van der Waals surface area contributed by atoms with Crippen LogP contribution in [0.25, 0.3) is 77.0 Å². The number of aromatic nitrogens is 1. The number of benzene rings is 8. The lowest BCUT2D eigenvalue weighted by atomic mass is 9.93. The number of aliphatic imine (C=N–C) groups is 2. The molecule has 1 aliphatic heterocycles. The average Bonchev–Trinajstić information content (AvgIpc) is 3.80. The van der Waals surface area contributed by atoms with Crippen molar-refractivity contribution in [2.75, 3.05) is 0 Å². The Morgan fingerprint density at radius 1 is 0.509 bits per heavy atom. The van der Waals surface area contributed by atoms with Crippen molar-refractivity contribution in [3.05, 3.63) is 205 Å². The Balaban J connectivity index is 1.23. The van der Waals surface area contributed by atoms with E-state index < -0.39 is 0 Å². The van der Waals surface area contributed by atoms with Crippen LogP contribution >= 0.6 is 0 Å². The summed E-state index contributed by atoms with van der Waals surface area (Å²) in [7, 11) is 0. The summed E-state index contributed by atoms with van der Waals surface area (Å²) in [5.41, 5.74) is 12.3. The summed E-state index contributed by atoms with van der Waals surface area (Å²) < 4.78 is 9.06. The second-order valence-electron chi connectivity index (χ2n) is 15.0. The van der Waals surface area contributed by atoms with E-state index >= 15 is 0 Å². The zero-order chi connectivity index (χ0) is 37.9. The molecule has 4 heteroatoms. The Kier molecular flexibility index (Phi) is 7.82. The smallest absolute Gasteiger partial charge is 0.160 e. The van der Waals surface area contributed by atoms with Gasteiger partial charge in [0.1, 0.15) is 11.2 Å². The fourth-order valence-electron chi connectivity index (χ4n) is 8.67. The molecule has 10 aromatic rings. The van der Waals surface area contributed by atoms with E-state index in [1.54, 1.807) is 0 Å². The highest BCUT2D eigenvalue weighted by Gasteiger charge is 2.25. The average molecular weight is 732 g/mol. The molecule has 8 aromatic carbocycles. The Morgan fingerprint density at radius 3 is 2.00 bits per heavy atom. The van der Waals surface area contributed by atoms with Gasteiger partial charge < -0.3 is 8.98 Å². The molecule has 270 valence electrons. The van der Waals surface area contributed by atoms with Gasteiger partial charge in [0, 0.05) is 33.2 Å². The van der Waals surface area contributed by atoms with Crippen LogP contribution in [0.3, 0.4) is 0 Å². The second kappa shape index (κ2) is 13.5. The lowest BCUT2D eigenvalue weighted by Crippen LogP contribution is -2.17. The zero-order valence-electron chi connectivity index (χ0n) is 31.4. The fourth-order valence-corrected chi connectivity index (χ4v) is 8.67. The van der Waals surface area contributed by atoms with Gasteiger partial charge in [-0.1, -0.05) is 153 Å². The standard InChI is InChI=1S/C53H37N3O/c1-34-27-29-45(54-53(55-51(34)36-17-6-3-7-18-36)40-22-14-21-37(31-40)35-15-4-2-5-16-35)42-28-30-49-50(43-24-11-13-26-48(43)57-49)52(42)56-46-25-12-10-23-41(46)44-32-38-19-8-9-20-39(38)33-47(44)56/h2-26,28-34H,27H2,1H3/b45-29+,54-53-,55-51+. The molecule has 0 saturated heterocycles. The third-order valence-corrected chi connectivity index (χ3v) is 11.4. The van der Waals surface area contributed by atoms with Crippen molar-refractivity contribution in [1.82, 2.24) is 4.57 Å². The van der Waals surface area contributed by atoms with Gasteiger partial charge in [0.2, 0.25) is 0 Å². The number of furan rings is 1. The molecule has 0 N–H and O–H groups in total. The number of hydrogen-bond acceptors (Lipinski definition) is 3. The highest BCUT2D eigenvalue weighted by molar-refractivity contribution is 6.19. The van der Waals surface area contributed by atoms with E-state index in [0.29, 0.717) is 5.84 Å². The topological polar surface area (TPSA) is 42.8 Å². The molecule has 0 fully saturated rings. The van der Waals surface area contributed by atoms with Crippen molar-refractivity contribution in [3.63, 3.8) is 0 Å². The van der Waals surface area contributed by atoms with Crippen LogP contribution in [0, 0.1) is 5.92 Å². The zero-order valence-corrected chi connectivity index (χ0v) is 31.4. The molecule has 0 saturated carbocycles. The largest absolute Gasteiger partial charge is 0.456 e. The monoisotopic (exact) mass is 731 g/mol. The Labute approximate surface area is 330 Å². The molecule has 1 aliphatic rings. The second-order valence-corrected chi connectivity index (χ2v) is 15.0. The molecule has 4 nitrogen and oxygen atoms in total. The molecule has 0 aliphatic carbocycles. The highest BCUT2D eigenvalue weighted by atomic mass is 16.3. The van der Waals surface area contributed by atoms with Crippen molar-refractivity contribution in [3.8, 4) is 16.8 Å². The van der Waals surface area contributed by atoms with E-state index in [4.69, 9.17) is 14.4 Å². The normalized spacial score (nSPS) is 17.6. The van der Waals surface area contributed by atoms with Gasteiger partial charge >= 0.3 is 0 Å². The van der Waals surface area contributed by atoms with Gasteiger partial charge in [-0.25, -0.2) is 9.98 Å². The number of allylic oxidation sites excluding steroid dienone is 1. The molecule has 0 radical (unpaired) electrons. The molecular weight excluding hydrogens is 695 g/mol. The lowest BCUT2D eigenvalue weighted by molar-refractivity contribution is 0.669. The van der Waals surface area contributed by atoms with Gasteiger partial charge in [0.25, 0.3) is 0 Å². The minimum Gasteiger partial charge on any atom is -0.456 e. The molecule has 2 aromatic heterocycles. The van der Waals surface area contributed by atoms with Crippen molar-refractivity contribution >= 4 is 71.8 Å². The van der Waals surface area contributed by atoms with E-state index in [-0.39, 0.29) is 5.92 Å². The molecular formula is C53H37N3O. The van der Waals surface area contributed by atoms with Crippen molar-refractivity contribution < 1.29 is 4.42 Å². The maximum Gasteiger partial charge on any atom is 0.160 e. The van der Waals surface area contributed by atoms with Gasteiger partial charge in [-0.2, -0.15) is 0 Å². The van der Waals surface area contributed by atoms with Gasteiger partial charge in [-0.15, -0.1) is 0 Å². The number of nitrogens with zero attached hydrogens (tertiary/aromatic N) is 3. The van der Waals surface area contributed by atoms with Gasteiger partial charge in [-0.05, 0) is 76.3 Å². The summed E-state index contributed by atoms with van der Waals surface area (Å²) in [4.78, 5) is 11.1. The van der Waals surface area contributed by atoms with Crippen LogP contribution in [0.5, 0.6) is 0 Å². The van der Waals surface area contributed by atoms with Crippen LogP contribution in [0.1, 0.15) is 30.0 Å². The SMILES string of the molecule is CC1C/C=C(c2ccc3oc4ccccc4c3c2-n2c3ccccc3c3cc4ccccc4cc32)/N=C(c2cccc(-c3ccccc3)c2)\N=C/1c1ccccc1. The minimum absolute atomic E-state index is 0.131. The van der Waals surface area contributed by atoms with Crippen LogP contribution in [-0.4, -0.2) is 16.1 Å². The molecule has 11 rings (SSSR count). The first-order valence-electron chi connectivity index (χ1n) is 19.6. The molecule has 1 unspecified atom stereocenters. The van der Waals surface area contributed by atoms with Crippen LogP contribution in [0.2, 0.25) is 0 Å². The molecule has 0 spiro atoms. The van der Waals surface area contributed by atoms with Crippen molar-refractivity contribution in [2.24, 2.45) is 15.9 Å². The molecule has 0 amide bonds. The van der Waals surface area contributed by atoms with E-state index in [2.05, 4.69) is 193 Å². The van der Waals surface area contributed by atoms with Crippen molar-refractivity contribution in [1.29, 1.82) is 0 Å². The third kappa shape index (κ3) is 5.60. The van der Waals surface area contributed by atoms with E-state index in [0.717, 1.165) is 84.3 Å². The van der Waals surface area contributed by atoms with E-state index in [1.807, 2.05) is 6.07 Å². The van der Waals surface area contributed by atoms with Gasteiger partial charge in [0.15, 0.2) is 5.84 Å². The first-order chi connectivity index (χ1) is 28.2. The number of hydrogen-bond donors (Lipinski definition) is 0. The first kappa shape index (κ1) is 33.1. The molecule has 3 heterocycles. The van der Waals surface area contributed by atoms with Crippen LogP contribution in [0.4, 0.5) is 0 Å². The summed E-state index contributed by atoms with van der Waals surface area (Å²) in [5, 5.41) is 6.95. The number of para-hydroxylation sites is 2. The van der Waals surface area contributed by atoms with Crippen LogP contribution in [0.15, 0.2) is 202 Å². The molecule has 1 atom stereocenters. The third-order valence-electron chi connectivity index (χ3n) is 11.4. The maximum atomic E-state index is 6.61. The maximum absolute atomic E-state index is 6.61. The highest BCUT2D eigenvalue weighted by Crippen LogP contribution is 2.43. The predicted octanol–water partition coefficient (Wildman–Crippen LogP) is 13.8.